The van der Waals surface area contributed by atoms with Crippen LogP contribution in [0.25, 0.3) is 0 Å². The molecule has 0 aromatic carbocycles. The number of anilines is 3. The van der Waals surface area contributed by atoms with E-state index < -0.39 is 0 Å². The van der Waals surface area contributed by atoms with Crippen molar-refractivity contribution in [3.05, 3.63) is 36.8 Å². The third-order valence-corrected chi connectivity index (χ3v) is 4.84. The van der Waals surface area contributed by atoms with E-state index in [9.17, 15) is 4.79 Å². The first kappa shape index (κ1) is 18.1. The van der Waals surface area contributed by atoms with E-state index in [4.69, 9.17) is 0 Å². The molecule has 0 radical (unpaired) electrons. The highest BCUT2D eigenvalue weighted by molar-refractivity contribution is 5.91. The maximum atomic E-state index is 12.2. The van der Waals surface area contributed by atoms with Crippen LogP contribution in [0.5, 0.6) is 0 Å². The number of aromatic nitrogens is 3. The minimum absolute atomic E-state index is 0.0461. The Balaban J connectivity index is 1.55. The number of piperazine rings is 1. The number of rotatable bonds is 6. The number of nitrogens with zero attached hydrogens (tertiary/aromatic N) is 5. The zero-order chi connectivity index (χ0) is 18.4. The number of carbonyl (C=O) groups excluding carboxylic acids is 1. The SMILES string of the molecule is CCC(CC)C(=O)Nc1ccc(N2CCN(c3ncccn3)CC2)cn1. The molecule has 1 aliphatic heterocycles. The Morgan fingerprint density at radius 3 is 2.27 bits per heavy atom. The summed E-state index contributed by atoms with van der Waals surface area (Å²) < 4.78 is 0. The molecule has 0 saturated carbocycles. The second kappa shape index (κ2) is 8.60. The van der Waals surface area contributed by atoms with E-state index in [1.807, 2.05) is 38.2 Å². The summed E-state index contributed by atoms with van der Waals surface area (Å²) in [4.78, 5) is 29.7. The summed E-state index contributed by atoms with van der Waals surface area (Å²) in [5.41, 5.74) is 1.07. The van der Waals surface area contributed by atoms with Gasteiger partial charge in [-0.2, -0.15) is 0 Å². The Morgan fingerprint density at radius 1 is 1.04 bits per heavy atom. The molecule has 0 bridgehead atoms. The maximum absolute atomic E-state index is 12.2. The van der Waals surface area contributed by atoms with Crippen LogP contribution in [0.1, 0.15) is 26.7 Å². The third-order valence-electron chi connectivity index (χ3n) is 4.84. The fourth-order valence-corrected chi connectivity index (χ4v) is 3.15. The van der Waals surface area contributed by atoms with E-state index >= 15 is 0 Å². The lowest BCUT2D eigenvalue weighted by molar-refractivity contribution is -0.120. The molecule has 1 aliphatic rings. The summed E-state index contributed by atoms with van der Waals surface area (Å²) in [5.74, 6) is 1.49. The molecular formula is C19H26N6O. The van der Waals surface area contributed by atoms with E-state index in [1.165, 1.54) is 0 Å². The summed E-state index contributed by atoms with van der Waals surface area (Å²) in [6.45, 7) is 7.59. The Hall–Kier alpha value is -2.70. The Morgan fingerprint density at radius 2 is 1.69 bits per heavy atom. The van der Waals surface area contributed by atoms with Crippen molar-refractivity contribution in [3.8, 4) is 0 Å². The van der Waals surface area contributed by atoms with Gasteiger partial charge in [0.05, 0.1) is 11.9 Å². The fourth-order valence-electron chi connectivity index (χ4n) is 3.15. The van der Waals surface area contributed by atoms with Gasteiger partial charge in [-0.25, -0.2) is 15.0 Å². The average molecular weight is 354 g/mol. The Labute approximate surface area is 154 Å². The van der Waals surface area contributed by atoms with Crippen molar-refractivity contribution in [2.24, 2.45) is 5.92 Å². The first-order valence-electron chi connectivity index (χ1n) is 9.25. The van der Waals surface area contributed by atoms with Crippen LogP contribution in [0, 0.1) is 5.92 Å². The number of carbonyl (C=O) groups is 1. The van der Waals surface area contributed by atoms with Crippen molar-refractivity contribution >= 4 is 23.4 Å². The summed E-state index contributed by atoms with van der Waals surface area (Å²) >= 11 is 0. The predicted molar refractivity (Wildman–Crippen MR) is 103 cm³/mol. The molecule has 1 amide bonds. The highest BCUT2D eigenvalue weighted by Crippen LogP contribution is 2.19. The number of amides is 1. The molecule has 0 spiro atoms. The molecule has 3 rings (SSSR count). The number of hydrogen-bond donors (Lipinski definition) is 1. The van der Waals surface area contributed by atoms with Gasteiger partial charge in [-0.05, 0) is 31.0 Å². The third kappa shape index (κ3) is 4.28. The number of nitrogens with one attached hydrogen (secondary N) is 1. The quantitative estimate of drug-likeness (QED) is 0.859. The highest BCUT2D eigenvalue weighted by Gasteiger charge is 2.19. The molecule has 3 heterocycles. The summed E-state index contributed by atoms with van der Waals surface area (Å²) in [5, 5.41) is 2.91. The van der Waals surface area contributed by atoms with Crippen LogP contribution in [0.4, 0.5) is 17.5 Å². The molecule has 2 aromatic heterocycles. The van der Waals surface area contributed by atoms with Crippen LogP contribution < -0.4 is 15.1 Å². The topological polar surface area (TPSA) is 74.2 Å². The van der Waals surface area contributed by atoms with Gasteiger partial charge in [0.2, 0.25) is 11.9 Å². The molecule has 7 nitrogen and oxygen atoms in total. The van der Waals surface area contributed by atoms with Gasteiger partial charge < -0.3 is 15.1 Å². The van der Waals surface area contributed by atoms with E-state index in [2.05, 4.69) is 30.1 Å². The van der Waals surface area contributed by atoms with Gasteiger partial charge in [-0.15, -0.1) is 0 Å². The molecule has 2 aromatic rings. The van der Waals surface area contributed by atoms with E-state index in [1.54, 1.807) is 12.4 Å². The lowest BCUT2D eigenvalue weighted by Crippen LogP contribution is -2.47. The smallest absolute Gasteiger partial charge is 0.228 e. The second-order valence-electron chi connectivity index (χ2n) is 6.43. The van der Waals surface area contributed by atoms with Gasteiger partial charge in [0.25, 0.3) is 0 Å². The minimum atomic E-state index is 0.0461. The van der Waals surface area contributed by atoms with Crippen molar-refractivity contribution in [2.75, 3.05) is 41.3 Å². The normalized spacial score (nSPS) is 14.6. The minimum Gasteiger partial charge on any atom is -0.367 e. The van der Waals surface area contributed by atoms with Crippen LogP contribution >= 0.6 is 0 Å². The van der Waals surface area contributed by atoms with Crippen molar-refractivity contribution in [2.45, 2.75) is 26.7 Å². The van der Waals surface area contributed by atoms with E-state index in [-0.39, 0.29) is 11.8 Å². The van der Waals surface area contributed by atoms with Crippen LogP contribution in [0.2, 0.25) is 0 Å². The summed E-state index contributed by atoms with van der Waals surface area (Å²) in [6.07, 6.45) is 7.06. The average Bonchev–Trinajstić information content (AvgIpc) is 2.70. The number of hydrogen-bond acceptors (Lipinski definition) is 6. The lowest BCUT2D eigenvalue weighted by Gasteiger charge is -2.35. The Kier molecular flexibility index (Phi) is 5.99. The van der Waals surface area contributed by atoms with Gasteiger partial charge in [-0.1, -0.05) is 13.8 Å². The lowest BCUT2D eigenvalue weighted by atomic mass is 10.0. The largest absolute Gasteiger partial charge is 0.367 e. The van der Waals surface area contributed by atoms with Gasteiger partial charge >= 0.3 is 0 Å². The highest BCUT2D eigenvalue weighted by atomic mass is 16.1. The maximum Gasteiger partial charge on any atom is 0.228 e. The first-order chi connectivity index (χ1) is 12.7. The van der Waals surface area contributed by atoms with Gasteiger partial charge in [0.15, 0.2) is 0 Å². The number of pyridine rings is 1. The molecule has 1 fully saturated rings. The molecule has 0 atom stereocenters. The first-order valence-corrected chi connectivity index (χ1v) is 9.25. The molecule has 0 unspecified atom stereocenters. The Bertz CT molecular complexity index is 694. The zero-order valence-electron chi connectivity index (χ0n) is 15.4. The predicted octanol–water partition coefficient (Wildman–Crippen LogP) is 2.57. The zero-order valence-corrected chi connectivity index (χ0v) is 15.4. The molecule has 26 heavy (non-hydrogen) atoms. The monoisotopic (exact) mass is 354 g/mol. The van der Waals surface area contributed by atoms with Gasteiger partial charge in [-0.3, -0.25) is 4.79 Å². The summed E-state index contributed by atoms with van der Waals surface area (Å²) in [6, 6.07) is 5.72. The van der Waals surface area contributed by atoms with Crippen molar-refractivity contribution in [1.82, 2.24) is 15.0 Å². The van der Waals surface area contributed by atoms with Gasteiger partial charge in [0, 0.05) is 44.5 Å². The van der Waals surface area contributed by atoms with Crippen LogP contribution in [0.15, 0.2) is 36.8 Å². The molecule has 138 valence electrons. The second-order valence-corrected chi connectivity index (χ2v) is 6.43. The van der Waals surface area contributed by atoms with E-state index in [0.717, 1.165) is 50.7 Å². The molecule has 1 saturated heterocycles. The summed E-state index contributed by atoms with van der Waals surface area (Å²) in [7, 11) is 0. The fraction of sp³-hybridized carbons (Fsp3) is 0.474. The van der Waals surface area contributed by atoms with Crippen LogP contribution in [0.3, 0.4) is 0 Å². The van der Waals surface area contributed by atoms with Gasteiger partial charge in [0.1, 0.15) is 5.82 Å². The molecule has 0 aliphatic carbocycles. The van der Waals surface area contributed by atoms with Crippen LogP contribution in [-0.4, -0.2) is 47.0 Å². The van der Waals surface area contributed by atoms with Crippen molar-refractivity contribution < 1.29 is 4.79 Å². The van der Waals surface area contributed by atoms with E-state index in [0.29, 0.717) is 5.82 Å². The molecule has 7 heteroatoms. The standard InChI is InChI=1S/C19H26N6O/c1-3-15(4-2)18(26)23-17-7-6-16(14-22-17)24-10-12-25(13-11-24)19-20-8-5-9-21-19/h5-9,14-15H,3-4,10-13H2,1-2H3,(H,22,23,26). The molecule has 1 N–H and O–H groups in total. The molecular weight excluding hydrogens is 328 g/mol. The van der Waals surface area contributed by atoms with Crippen molar-refractivity contribution in [3.63, 3.8) is 0 Å². The van der Waals surface area contributed by atoms with Crippen LogP contribution in [-0.2, 0) is 4.79 Å². The van der Waals surface area contributed by atoms with Crippen molar-refractivity contribution in [1.29, 1.82) is 0 Å².